The molecular weight excluding hydrogens is 132 g/mol. The van der Waals surface area contributed by atoms with Gasteiger partial charge in [0.1, 0.15) is 0 Å². The second-order valence-corrected chi connectivity index (χ2v) is 10.5. The van der Waals surface area contributed by atoms with Crippen molar-refractivity contribution in [2.75, 3.05) is 11.1 Å². The second-order valence-electron chi connectivity index (χ2n) is 3.20. The van der Waals surface area contributed by atoms with Gasteiger partial charge < -0.3 is 0 Å². The highest BCUT2D eigenvalue weighted by molar-refractivity contribution is 8.00. The summed E-state index contributed by atoms with van der Waals surface area (Å²) in [7, 11) is -0.715. The first kappa shape index (κ1) is 8.57. The lowest BCUT2D eigenvalue weighted by atomic mass is 11.0. The zero-order valence-corrected chi connectivity index (χ0v) is 8.14. The molecule has 0 saturated carbocycles. The van der Waals surface area contributed by atoms with E-state index in [-0.39, 0.29) is 0 Å². The highest BCUT2D eigenvalue weighted by Gasteiger charge is 2.10. The summed E-state index contributed by atoms with van der Waals surface area (Å²) in [5, 5.41) is 1.42. The summed E-state index contributed by atoms with van der Waals surface area (Å²) >= 11 is 2.08. The van der Waals surface area contributed by atoms with Crippen molar-refractivity contribution in [1.29, 1.82) is 0 Å². The predicted molar refractivity (Wildman–Crippen MR) is 46.3 cm³/mol. The Labute approximate surface area is 58.1 Å². The lowest BCUT2D eigenvalue weighted by molar-refractivity contribution is 1.52. The first-order valence-corrected chi connectivity index (χ1v) is 8.00. The van der Waals surface area contributed by atoms with E-state index >= 15 is 0 Å². The van der Waals surface area contributed by atoms with Crippen LogP contribution in [-0.4, -0.2) is 19.2 Å². The molecule has 0 atom stereocenters. The first-order chi connectivity index (χ1) is 3.56. The molecule has 0 fully saturated rings. The molecule has 0 N–H and O–H groups in total. The molecule has 0 saturated heterocycles. The second kappa shape index (κ2) is 3.57. The number of rotatable bonds is 3. The fourth-order valence-corrected chi connectivity index (χ4v) is 3.67. The molecule has 0 unspecified atom stereocenters. The molecule has 0 aromatic carbocycles. The average molecular weight is 148 g/mol. The number of hydrogen-bond acceptors (Lipinski definition) is 1. The lowest BCUT2D eigenvalue weighted by Gasteiger charge is -2.13. The van der Waals surface area contributed by atoms with Crippen LogP contribution < -0.4 is 0 Å². The Kier molecular flexibility index (Phi) is 3.82. The molecule has 0 aromatic heterocycles. The molecule has 0 heterocycles. The van der Waals surface area contributed by atoms with Crippen LogP contribution in [0.1, 0.15) is 6.92 Å². The van der Waals surface area contributed by atoms with Crippen LogP contribution in [0, 0.1) is 0 Å². The van der Waals surface area contributed by atoms with Gasteiger partial charge in [0.2, 0.25) is 0 Å². The topological polar surface area (TPSA) is 0 Å². The van der Waals surface area contributed by atoms with E-state index in [9.17, 15) is 0 Å². The summed E-state index contributed by atoms with van der Waals surface area (Å²) in [6.45, 7) is 9.46. The maximum absolute atomic E-state index is 2.41. The summed E-state index contributed by atoms with van der Waals surface area (Å²) in [4.78, 5) is 0. The van der Waals surface area contributed by atoms with E-state index in [1.165, 1.54) is 11.1 Å². The van der Waals surface area contributed by atoms with Crippen LogP contribution in [-0.2, 0) is 0 Å². The molecule has 0 radical (unpaired) electrons. The van der Waals surface area contributed by atoms with Crippen LogP contribution >= 0.6 is 11.8 Å². The molecule has 0 rings (SSSR count). The Balaban J connectivity index is 3.11. The quantitative estimate of drug-likeness (QED) is 0.554. The van der Waals surface area contributed by atoms with Gasteiger partial charge in [0.15, 0.2) is 0 Å². The molecule has 50 valence electrons. The Hall–Kier alpha value is 0.567. The minimum atomic E-state index is -0.715. The summed E-state index contributed by atoms with van der Waals surface area (Å²) < 4.78 is 0. The maximum atomic E-state index is 2.41. The molecule has 8 heavy (non-hydrogen) atoms. The van der Waals surface area contributed by atoms with E-state index in [4.69, 9.17) is 0 Å². The van der Waals surface area contributed by atoms with Gasteiger partial charge in [0, 0.05) is 0 Å². The fraction of sp³-hybridized carbons (Fsp3) is 1.00. The summed E-state index contributed by atoms with van der Waals surface area (Å²) in [6, 6.07) is 0. The van der Waals surface area contributed by atoms with Gasteiger partial charge in [0.25, 0.3) is 0 Å². The van der Waals surface area contributed by atoms with E-state index in [0.717, 1.165) is 0 Å². The molecule has 0 aliphatic carbocycles. The van der Waals surface area contributed by atoms with Gasteiger partial charge in [-0.2, -0.15) is 11.8 Å². The van der Waals surface area contributed by atoms with Crippen molar-refractivity contribution in [3.63, 3.8) is 0 Å². The lowest BCUT2D eigenvalue weighted by Crippen LogP contribution is -2.23. The Morgan fingerprint density at radius 1 is 1.25 bits per heavy atom. The van der Waals surface area contributed by atoms with Gasteiger partial charge in [-0.15, -0.1) is 0 Å². The molecule has 0 aliphatic heterocycles. The molecule has 0 nitrogen and oxygen atoms in total. The van der Waals surface area contributed by atoms with E-state index in [1.54, 1.807) is 0 Å². The molecular formula is C6H16SSi. The number of hydrogen-bond donors (Lipinski definition) is 0. The Morgan fingerprint density at radius 3 is 1.88 bits per heavy atom. The summed E-state index contributed by atoms with van der Waals surface area (Å²) in [6.07, 6.45) is 0. The van der Waals surface area contributed by atoms with Crippen LogP contribution in [0.15, 0.2) is 0 Å². The summed E-state index contributed by atoms with van der Waals surface area (Å²) in [5.74, 6) is 1.28. The molecule has 2 heteroatoms. The Morgan fingerprint density at radius 2 is 1.75 bits per heavy atom. The van der Waals surface area contributed by atoms with Gasteiger partial charge in [-0.25, -0.2) is 0 Å². The van der Waals surface area contributed by atoms with Gasteiger partial charge in [0.05, 0.1) is 8.07 Å². The van der Waals surface area contributed by atoms with Crippen molar-refractivity contribution in [3.8, 4) is 0 Å². The molecule has 0 aliphatic rings. The third-order valence-electron chi connectivity index (χ3n) is 0.739. The van der Waals surface area contributed by atoms with Crippen molar-refractivity contribution in [1.82, 2.24) is 0 Å². The largest absolute Gasteiger partial charge is 0.165 e. The highest BCUT2D eigenvalue weighted by Crippen LogP contribution is 2.09. The predicted octanol–water partition coefficient (Wildman–Crippen LogP) is 2.62. The monoisotopic (exact) mass is 148 g/mol. The zero-order chi connectivity index (χ0) is 6.62. The van der Waals surface area contributed by atoms with Crippen LogP contribution in [0.4, 0.5) is 0 Å². The Bertz CT molecular complexity index is 56.0. The minimum Gasteiger partial charge on any atom is -0.165 e. The van der Waals surface area contributed by atoms with Gasteiger partial charge in [-0.05, 0) is 11.1 Å². The van der Waals surface area contributed by atoms with Crippen LogP contribution in [0.5, 0.6) is 0 Å². The van der Waals surface area contributed by atoms with Crippen LogP contribution in [0.25, 0.3) is 0 Å². The molecule has 0 bridgehead atoms. The highest BCUT2D eigenvalue weighted by atomic mass is 32.2. The van der Waals surface area contributed by atoms with Crippen LogP contribution in [0.3, 0.4) is 0 Å². The normalized spacial score (nSPS) is 12.0. The van der Waals surface area contributed by atoms with Crippen molar-refractivity contribution in [3.05, 3.63) is 0 Å². The van der Waals surface area contributed by atoms with Crippen LogP contribution in [0.2, 0.25) is 19.6 Å². The van der Waals surface area contributed by atoms with Gasteiger partial charge in [-0.3, -0.25) is 0 Å². The molecule has 0 aromatic rings. The maximum Gasteiger partial charge on any atom is 0.0548 e. The SMILES string of the molecule is CCSC[Si](C)(C)C. The first-order valence-electron chi connectivity index (χ1n) is 3.14. The van der Waals surface area contributed by atoms with E-state index in [2.05, 4.69) is 38.3 Å². The third kappa shape index (κ3) is 6.57. The smallest absolute Gasteiger partial charge is 0.0548 e. The van der Waals surface area contributed by atoms with E-state index in [1.807, 2.05) is 0 Å². The van der Waals surface area contributed by atoms with Crippen molar-refractivity contribution in [2.45, 2.75) is 26.6 Å². The van der Waals surface area contributed by atoms with Gasteiger partial charge in [-0.1, -0.05) is 26.6 Å². The zero-order valence-electron chi connectivity index (χ0n) is 6.32. The van der Waals surface area contributed by atoms with Crippen molar-refractivity contribution < 1.29 is 0 Å². The third-order valence-corrected chi connectivity index (χ3v) is 5.43. The van der Waals surface area contributed by atoms with Crippen molar-refractivity contribution >= 4 is 19.8 Å². The standard InChI is InChI=1S/C6H16SSi/c1-5-7-6-8(2,3)4/h5-6H2,1-4H3. The molecule has 0 amide bonds. The number of thioether (sulfide) groups is 1. The fourth-order valence-electron chi connectivity index (χ4n) is 0.408. The minimum absolute atomic E-state index is 0.715. The van der Waals surface area contributed by atoms with E-state index in [0.29, 0.717) is 0 Å². The van der Waals surface area contributed by atoms with Crippen molar-refractivity contribution in [2.24, 2.45) is 0 Å². The van der Waals surface area contributed by atoms with E-state index < -0.39 is 8.07 Å². The molecule has 0 spiro atoms. The average Bonchev–Trinajstić information content (AvgIpc) is 1.59. The summed E-state index contributed by atoms with van der Waals surface area (Å²) in [5.41, 5.74) is 0. The van der Waals surface area contributed by atoms with Gasteiger partial charge >= 0.3 is 0 Å².